The lowest BCUT2D eigenvalue weighted by molar-refractivity contribution is -0.137. The molecule has 1 saturated heterocycles. The molecule has 3 N–H and O–H groups in total. The molecule has 5 heteroatoms. The Morgan fingerprint density at radius 1 is 1.31 bits per heavy atom. The Labute approximate surface area is 156 Å². The van der Waals surface area contributed by atoms with Crippen molar-refractivity contribution in [2.45, 2.75) is 89.4 Å². The highest BCUT2D eigenvalue weighted by molar-refractivity contribution is 5.66. The van der Waals surface area contributed by atoms with Crippen molar-refractivity contribution in [1.29, 1.82) is 0 Å². The SMILES string of the molecule is CCCCCC[C@H](O)/C=C/[C@@H]1[C@H]2C/C(=C/CCCC(=O)O)O[C@H]2C[C@H]1O. The number of aliphatic hydroxyl groups is 2. The summed E-state index contributed by atoms with van der Waals surface area (Å²) >= 11 is 0. The van der Waals surface area contributed by atoms with Crippen LogP contribution in [0, 0.1) is 11.8 Å². The number of carbonyl (C=O) groups is 1. The first-order chi connectivity index (χ1) is 12.5. The van der Waals surface area contributed by atoms with Crippen molar-refractivity contribution in [2.75, 3.05) is 0 Å². The van der Waals surface area contributed by atoms with Crippen LogP contribution in [0.5, 0.6) is 0 Å². The van der Waals surface area contributed by atoms with Crippen molar-refractivity contribution in [3.63, 3.8) is 0 Å². The fourth-order valence-corrected chi connectivity index (χ4v) is 4.03. The fourth-order valence-electron chi connectivity index (χ4n) is 4.03. The van der Waals surface area contributed by atoms with Crippen molar-refractivity contribution in [1.82, 2.24) is 0 Å². The first-order valence-corrected chi connectivity index (χ1v) is 10.1. The van der Waals surface area contributed by atoms with Crippen LogP contribution >= 0.6 is 0 Å². The van der Waals surface area contributed by atoms with E-state index in [1.807, 2.05) is 18.2 Å². The van der Waals surface area contributed by atoms with E-state index < -0.39 is 18.2 Å². The molecule has 1 heterocycles. The van der Waals surface area contributed by atoms with Gasteiger partial charge in [0.05, 0.1) is 18.0 Å². The average molecular weight is 366 g/mol. The minimum Gasteiger partial charge on any atom is -0.495 e. The molecule has 0 radical (unpaired) electrons. The number of ether oxygens (including phenoxy) is 1. The maximum atomic E-state index is 10.6. The topological polar surface area (TPSA) is 87.0 Å². The van der Waals surface area contributed by atoms with Crippen molar-refractivity contribution in [2.24, 2.45) is 11.8 Å². The first kappa shape index (κ1) is 21.0. The molecule has 0 bridgehead atoms. The fraction of sp³-hybridized carbons (Fsp3) is 0.762. The maximum Gasteiger partial charge on any atom is 0.303 e. The van der Waals surface area contributed by atoms with Crippen LogP contribution in [0.4, 0.5) is 0 Å². The largest absolute Gasteiger partial charge is 0.495 e. The van der Waals surface area contributed by atoms with Gasteiger partial charge in [-0.2, -0.15) is 0 Å². The lowest BCUT2D eigenvalue weighted by Gasteiger charge is -2.16. The van der Waals surface area contributed by atoms with E-state index in [-0.39, 0.29) is 24.4 Å². The molecule has 0 aromatic heterocycles. The second-order valence-electron chi connectivity index (χ2n) is 7.66. The molecule has 1 saturated carbocycles. The summed E-state index contributed by atoms with van der Waals surface area (Å²) in [6.45, 7) is 2.17. The van der Waals surface area contributed by atoms with Gasteiger partial charge in [-0.25, -0.2) is 0 Å². The molecule has 0 unspecified atom stereocenters. The van der Waals surface area contributed by atoms with Crippen LogP contribution < -0.4 is 0 Å². The number of allylic oxidation sites excluding steroid dienone is 2. The smallest absolute Gasteiger partial charge is 0.303 e. The average Bonchev–Trinajstić information content (AvgIpc) is 3.10. The number of carboxylic acids is 1. The van der Waals surface area contributed by atoms with Gasteiger partial charge in [0.1, 0.15) is 6.10 Å². The van der Waals surface area contributed by atoms with E-state index in [1.54, 1.807) is 0 Å². The standard InChI is InChI=1S/C21H34O5/c1-2-3-4-5-8-15(22)11-12-17-18-13-16(9-6-7-10-21(24)25)26-20(18)14-19(17)23/h9,11-12,15,17-20,22-23H,2-8,10,13-14H2,1H3,(H,24,25)/b12-11+,16-9-/t15-,17+,18+,19+,20-/m0/s1. The van der Waals surface area contributed by atoms with Crippen LogP contribution in [-0.2, 0) is 9.53 Å². The Balaban J connectivity index is 1.79. The Bertz CT molecular complexity index is 499. The summed E-state index contributed by atoms with van der Waals surface area (Å²) in [6, 6.07) is 0. The summed E-state index contributed by atoms with van der Waals surface area (Å²) in [7, 11) is 0. The molecule has 5 atom stereocenters. The predicted octanol–water partition coefficient (Wildman–Crippen LogP) is 3.80. The molecular formula is C21H34O5. The molecule has 148 valence electrons. The highest BCUT2D eigenvalue weighted by atomic mass is 16.5. The first-order valence-electron chi connectivity index (χ1n) is 10.1. The van der Waals surface area contributed by atoms with E-state index in [0.29, 0.717) is 19.3 Å². The minimum atomic E-state index is -0.769. The zero-order chi connectivity index (χ0) is 18.9. The molecule has 0 aromatic carbocycles. The molecule has 26 heavy (non-hydrogen) atoms. The Hall–Kier alpha value is -1.33. The number of fused-ring (bicyclic) bond motifs is 1. The van der Waals surface area contributed by atoms with Crippen LogP contribution in [0.25, 0.3) is 0 Å². The van der Waals surface area contributed by atoms with Gasteiger partial charge >= 0.3 is 5.97 Å². The summed E-state index contributed by atoms with van der Waals surface area (Å²) in [5, 5.41) is 29.1. The van der Waals surface area contributed by atoms with E-state index in [1.165, 1.54) is 12.8 Å². The summed E-state index contributed by atoms with van der Waals surface area (Å²) in [5.74, 6) is 0.430. The molecule has 0 aromatic rings. The number of aliphatic carboxylic acids is 1. The van der Waals surface area contributed by atoms with Gasteiger partial charge in [-0.3, -0.25) is 4.79 Å². The molecule has 2 rings (SSSR count). The van der Waals surface area contributed by atoms with Gasteiger partial charge in [0.2, 0.25) is 0 Å². The Morgan fingerprint density at radius 2 is 2.12 bits per heavy atom. The lowest BCUT2D eigenvalue weighted by Crippen LogP contribution is -2.18. The summed E-state index contributed by atoms with van der Waals surface area (Å²) < 4.78 is 5.95. The van der Waals surface area contributed by atoms with E-state index in [0.717, 1.165) is 31.4 Å². The van der Waals surface area contributed by atoms with Crippen LogP contribution in [0.1, 0.15) is 71.1 Å². The van der Waals surface area contributed by atoms with E-state index in [2.05, 4.69) is 6.92 Å². The number of hydrogen-bond donors (Lipinski definition) is 3. The third kappa shape index (κ3) is 6.44. The molecular weight excluding hydrogens is 332 g/mol. The van der Waals surface area contributed by atoms with E-state index in [9.17, 15) is 15.0 Å². The van der Waals surface area contributed by atoms with E-state index >= 15 is 0 Å². The Morgan fingerprint density at radius 3 is 2.85 bits per heavy atom. The van der Waals surface area contributed by atoms with Crippen LogP contribution in [0.3, 0.4) is 0 Å². The molecule has 2 aliphatic rings. The van der Waals surface area contributed by atoms with Crippen molar-refractivity contribution >= 4 is 5.97 Å². The van der Waals surface area contributed by atoms with Crippen LogP contribution in [-0.4, -0.2) is 39.6 Å². The van der Waals surface area contributed by atoms with Gasteiger partial charge in [-0.1, -0.05) is 44.8 Å². The van der Waals surface area contributed by atoms with Gasteiger partial charge in [0.15, 0.2) is 0 Å². The van der Waals surface area contributed by atoms with E-state index in [4.69, 9.17) is 9.84 Å². The number of carboxylic acid groups (broad SMARTS) is 1. The normalized spacial score (nSPS) is 30.7. The van der Waals surface area contributed by atoms with Gasteiger partial charge < -0.3 is 20.1 Å². The highest BCUT2D eigenvalue weighted by Gasteiger charge is 2.46. The number of unbranched alkanes of at least 4 members (excludes halogenated alkanes) is 4. The maximum absolute atomic E-state index is 10.6. The Kier molecular flexibility index (Phi) is 8.66. The lowest BCUT2D eigenvalue weighted by atomic mass is 9.90. The summed E-state index contributed by atoms with van der Waals surface area (Å²) in [4.78, 5) is 10.6. The monoisotopic (exact) mass is 366 g/mol. The minimum absolute atomic E-state index is 0.0233. The molecule has 1 aliphatic heterocycles. The van der Waals surface area contributed by atoms with Gasteiger partial charge in [-0.15, -0.1) is 0 Å². The highest BCUT2D eigenvalue weighted by Crippen LogP contribution is 2.45. The van der Waals surface area contributed by atoms with Gasteiger partial charge in [0.25, 0.3) is 0 Å². The second kappa shape index (κ2) is 10.7. The van der Waals surface area contributed by atoms with Gasteiger partial charge in [-0.05, 0) is 25.3 Å². The number of hydrogen-bond acceptors (Lipinski definition) is 4. The molecule has 0 amide bonds. The van der Waals surface area contributed by atoms with Crippen molar-refractivity contribution < 1.29 is 24.9 Å². The molecule has 0 spiro atoms. The predicted molar refractivity (Wildman–Crippen MR) is 101 cm³/mol. The van der Waals surface area contributed by atoms with Crippen LogP contribution in [0.2, 0.25) is 0 Å². The molecule has 5 nitrogen and oxygen atoms in total. The quantitative estimate of drug-likeness (QED) is 0.382. The third-order valence-corrected chi connectivity index (χ3v) is 5.51. The summed E-state index contributed by atoms with van der Waals surface area (Å²) in [6.07, 6.45) is 13.3. The zero-order valence-electron chi connectivity index (χ0n) is 15.8. The van der Waals surface area contributed by atoms with Gasteiger partial charge in [0, 0.05) is 31.1 Å². The molecule has 2 fully saturated rings. The second-order valence-corrected chi connectivity index (χ2v) is 7.66. The third-order valence-electron chi connectivity index (χ3n) is 5.51. The van der Waals surface area contributed by atoms with Crippen LogP contribution in [0.15, 0.2) is 24.0 Å². The van der Waals surface area contributed by atoms with Crippen molar-refractivity contribution in [3.8, 4) is 0 Å². The number of rotatable bonds is 11. The zero-order valence-corrected chi connectivity index (χ0v) is 15.8. The number of aliphatic hydroxyl groups excluding tert-OH is 2. The van der Waals surface area contributed by atoms with Crippen molar-refractivity contribution in [3.05, 3.63) is 24.0 Å². The summed E-state index contributed by atoms with van der Waals surface area (Å²) in [5.41, 5.74) is 0. The molecule has 1 aliphatic carbocycles.